The van der Waals surface area contributed by atoms with Gasteiger partial charge in [0.25, 0.3) is 5.56 Å². The van der Waals surface area contributed by atoms with Gasteiger partial charge >= 0.3 is 6.09 Å². The Labute approximate surface area is 244 Å². The summed E-state index contributed by atoms with van der Waals surface area (Å²) >= 11 is 0. The molecule has 2 N–H and O–H groups in total. The molecule has 0 bridgehead atoms. The molecule has 0 radical (unpaired) electrons. The number of aromatic nitrogens is 4. The number of likely N-dealkylation sites (tertiary alicyclic amines) is 1. The molecule has 0 spiro atoms. The first kappa shape index (κ1) is 28.1. The number of fused-ring (bicyclic) bond motifs is 1. The molecule has 3 aromatic rings. The number of carbonyl (C=O) groups excluding carboxylic acids is 1. The van der Waals surface area contributed by atoms with Gasteiger partial charge in [-0.15, -0.1) is 0 Å². The molecule has 2 aromatic heterocycles. The van der Waals surface area contributed by atoms with Crippen molar-refractivity contribution >= 4 is 28.6 Å². The molecule has 1 aliphatic carbocycles. The second-order valence-electron chi connectivity index (χ2n) is 13.1. The van der Waals surface area contributed by atoms with Crippen molar-refractivity contribution in [1.82, 2.24) is 29.1 Å². The topological polar surface area (TPSA) is 134 Å². The molecule has 1 saturated heterocycles. The second-order valence-corrected chi connectivity index (χ2v) is 13.1. The molecule has 42 heavy (non-hydrogen) atoms. The van der Waals surface area contributed by atoms with Gasteiger partial charge in [-0.3, -0.25) is 14.2 Å². The zero-order valence-electron chi connectivity index (χ0n) is 24.4. The summed E-state index contributed by atoms with van der Waals surface area (Å²) in [5, 5.41) is 25.7. The fourth-order valence-electron chi connectivity index (χ4n) is 6.19. The van der Waals surface area contributed by atoms with Crippen molar-refractivity contribution in [2.45, 2.75) is 71.1 Å². The molecule has 3 aliphatic rings. The van der Waals surface area contributed by atoms with Gasteiger partial charge in [0.15, 0.2) is 5.65 Å². The second kappa shape index (κ2) is 10.4. The third-order valence-electron chi connectivity index (χ3n) is 8.88. The predicted octanol–water partition coefficient (Wildman–Crippen LogP) is 3.53. The largest absolute Gasteiger partial charge is 0.465 e. The van der Waals surface area contributed by atoms with Gasteiger partial charge in [-0.25, -0.2) is 14.5 Å². The fourth-order valence-corrected chi connectivity index (χ4v) is 6.19. The molecule has 2 aliphatic heterocycles. The first-order valence-electron chi connectivity index (χ1n) is 14.7. The first-order chi connectivity index (χ1) is 19.9. The van der Waals surface area contributed by atoms with Crippen molar-refractivity contribution in [3.05, 3.63) is 58.8 Å². The van der Waals surface area contributed by atoms with Crippen LogP contribution in [0, 0.1) is 11.3 Å². The van der Waals surface area contributed by atoms with Crippen LogP contribution < -0.4 is 5.56 Å². The lowest BCUT2D eigenvalue weighted by Gasteiger charge is -2.40. The number of hydrogen-bond donors (Lipinski definition) is 2. The quantitative estimate of drug-likeness (QED) is 0.476. The third-order valence-corrected chi connectivity index (χ3v) is 8.88. The predicted molar refractivity (Wildman–Crippen MR) is 157 cm³/mol. The molecule has 1 unspecified atom stereocenters. The van der Waals surface area contributed by atoms with Crippen LogP contribution in [0.15, 0.2) is 47.7 Å². The molecular weight excluding hydrogens is 536 g/mol. The van der Waals surface area contributed by atoms with E-state index in [0.29, 0.717) is 49.9 Å². The van der Waals surface area contributed by atoms with E-state index in [1.54, 1.807) is 4.68 Å². The van der Waals surface area contributed by atoms with E-state index >= 15 is 0 Å². The Bertz CT molecular complexity index is 1600. The van der Waals surface area contributed by atoms with Gasteiger partial charge in [0.05, 0.1) is 30.1 Å². The average molecular weight is 575 g/mol. The summed E-state index contributed by atoms with van der Waals surface area (Å²) in [5.41, 5.74) is 1.72. The molecular formula is C31H38N6O5. The standard InChI is InChI=1S/C31H38N6O5/c1-30(2,3)25-16-22(10-13-36(25)29(40)41)20-6-8-23(9-7-20)37-26-24(17-33-37)28(39)35(19-32-26)18-31(42)11-14-34(15-12-31)27(38)21-4-5-21/h6-9,16-17,19,21,25,42H,4-5,10-15,18H2,1-3H3,(H,40,41). The summed E-state index contributed by atoms with van der Waals surface area (Å²) in [7, 11) is 0. The Kier molecular flexibility index (Phi) is 6.95. The monoisotopic (exact) mass is 574 g/mol. The van der Waals surface area contributed by atoms with Gasteiger partial charge in [-0.2, -0.15) is 5.10 Å². The highest BCUT2D eigenvalue weighted by molar-refractivity contribution is 5.81. The Morgan fingerprint density at radius 2 is 1.76 bits per heavy atom. The van der Waals surface area contributed by atoms with Crippen LogP contribution in [0.2, 0.25) is 0 Å². The van der Waals surface area contributed by atoms with Crippen LogP contribution in [-0.4, -0.2) is 82.6 Å². The maximum atomic E-state index is 13.3. The zero-order chi connectivity index (χ0) is 29.8. The van der Waals surface area contributed by atoms with E-state index in [4.69, 9.17) is 0 Å². The Morgan fingerprint density at radius 1 is 1.07 bits per heavy atom. The van der Waals surface area contributed by atoms with Crippen LogP contribution in [0.1, 0.15) is 58.4 Å². The number of aliphatic hydroxyl groups is 1. The van der Waals surface area contributed by atoms with Crippen LogP contribution in [-0.2, 0) is 11.3 Å². The summed E-state index contributed by atoms with van der Waals surface area (Å²) in [6.45, 7) is 7.68. The van der Waals surface area contributed by atoms with E-state index in [1.807, 2.05) is 49.9 Å². The van der Waals surface area contributed by atoms with E-state index in [1.165, 1.54) is 22.0 Å². The molecule has 1 atom stereocenters. The maximum absolute atomic E-state index is 13.3. The van der Waals surface area contributed by atoms with E-state index < -0.39 is 11.7 Å². The fraction of sp³-hybridized carbons (Fsp3) is 0.516. The molecule has 6 rings (SSSR count). The highest BCUT2D eigenvalue weighted by Gasteiger charge is 2.39. The zero-order valence-corrected chi connectivity index (χ0v) is 24.4. The number of amides is 2. The molecule has 2 amide bonds. The van der Waals surface area contributed by atoms with Crippen LogP contribution in [0.4, 0.5) is 4.79 Å². The van der Waals surface area contributed by atoms with Crippen LogP contribution in [0.3, 0.4) is 0 Å². The molecule has 2 fully saturated rings. The van der Waals surface area contributed by atoms with E-state index in [0.717, 1.165) is 29.7 Å². The van der Waals surface area contributed by atoms with E-state index in [-0.39, 0.29) is 35.4 Å². The minimum absolute atomic E-state index is 0.115. The number of benzene rings is 1. The summed E-state index contributed by atoms with van der Waals surface area (Å²) in [6.07, 6.45) is 7.51. The summed E-state index contributed by atoms with van der Waals surface area (Å²) < 4.78 is 3.07. The van der Waals surface area contributed by atoms with E-state index in [2.05, 4.69) is 16.2 Å². The van der Waals surface area contributed by atoms with Crippen molar-refractivity contribution < 1.29 is 19.8 Å². The van der Waals surface area contributed by atoms with Crippen LogP contribution in [0.5, 0.6) is 0 Å². The first-order valence-corrected chi connectivity index (χ1v) is 14.7. The number of piperidine rings is 1. The van der Waals surface area contributed by atoms with Crippen molar-refractivity contribution in [2.24, 2.45) is 11.3 Å². The summed E-state index contributed by atoms with van der Waals surface area (Å²) in [5.74, 6) is 0.347. The lowest BCUT2D eigenvalue weighted by Crippen LogP contribution is -2.50. The minimum Gasteiger partial charge on any atom is -0.465 e. The summed E-state index contributed by atoms with van der Waals surface area (Å²) in [6, 6.07) is 7.59. The van der Waals surface area contributed by atoms with Crippen molar-refractivity contribution in [1.29, 1.82) is 0 Å². The highest BCUT2D eigenvalue weighted by atomic mass is 16.4. The SMILES string of the molecule is CC(C)(C)C1C=C(c2ccc(-n3ncc4c(=O)n(CC5(O)CCN(C(=O)C6CC6)CC5)cnc43)cc2)CCN1C(=O)O. The Hall–Kier alpha value is -3.99. The molecule has 1 saturated carbocycles. The number of hydrogen-bond acceptors (Lipinski definition) is 6. The normalized spacial score (nSPS) is 21.0. The molecule has 4 heterocycles. The van der Waals surface area contributed by atoms with Gasteiger partial charge in [0.2, 0.25) is 5.91 Å². The number of carboxylic acid groups (broad SMARTS) is 1. The van der Waals surface area contributed by atoms with Gasteiger partial charge in [0.1, 0.15) is 11.7 Å². The Balaban J connectivity index is 1.19. The molecule has 1 aromatic carbocycles. The van der Waals surface area contributed by atoms with Crippen molar-refractivity contribution in [2.75, 3.05) is 19.6 Å². The lowest BCUT2D eigenvalue weighted by molar-refractivity contribution is -0.137. The Morgan fingerprint density at radius 3 is 2.38 bits per heavy atom. The van der Waals surface area contributed by atoms with Crippen LogP contribution >= 0.6 is 0 Å². The number of carbonyl (C=O) groups is 2. The lowest BCUT2D eigenvalue weighted by atomic mass is 9.81. The maximum Gasteiger partial charge on any atom is 0.407 e. The smallest absolute Gasteiger partial charge is 0.407 e. The molecule has 11 heteroatoms. The number of rotatable bonds is 5. The van der Waals surface area contributed by atoms with Crippen molar-refractivity contribution in [3.8, 4) is 5.69 Å². The van der Waals surface area contributed by atoms with Gasteiger partial charge < -0.3 is 20.0 Å². The average Bonchev–Trinajstić information content (AvgIpc) is 3.72. The van der Waals surface area contributed by atoms with Crippen LogP contribution in [0.25, 0.3) is 22.3 Å². The minimum atomic E-state index is -1.08. The van der Waals surface area contributed by atoms with Crippen molar-refractivity contribution in [3.63, 3.8) is 0 Å². The van der Waals surface area contributed by atoms with Gasteiger partial charge in [-0.1, -0.05) is 39.0 Å². The highest BCUT2D eigenvalue weighted by Crippen LogP contribution is 2.35. The molecule has 11 nitrogen and oxygen atoms in total. The summed E-state index contributed by atoms with van der Waals surface area (Å²) in [4.78, 5) is 45.4. The number of nitrogens with zero attached hydrogens (tertiary/aromatic N) is 6. The van der Waals surface area contributed by atoms with Gasteiger partial charge in [-0.05, 0) is 60.8 Å². The molecule has 222 valence electrons. The van der Waals surface area contributed by atoms with E-state index in [9.17, 15) is 24.6 Å². The van der Waals surface area contributed by atoms with Gasteiger partial charge in [0, 0.05) is 25.6 Å². The third kappa shape index (κ3) is 5.33.